The molecule has 0 fully saturated rings. The molecule has 0 atom stereocenters. The van der Waals surface area contributed by atoms with E-state index in [9.17, 15) is 9.59 Å². The van der Waals surface area contributed by atoms with Gasteiger partial charge in [0.05, 0.1) is 0 Å². The number of halogens is 1. The fourth-order valence-corrected chi connectivity index (χ4v) is 1.58. The van der Waals surface area contributed by atoms with Crippen LogP contribution in [0.25, 0.3) is 0 Å². The first-order valence-corrected chi connectivity index (χ1v) is 5.77. The number of hydrogen-bond donors (Lipinski definition) is 3. The number of nitrogens with one attached hydrogen (secondary N) is 2. The summed E-state index contributed by atoms with van der Waals surface area (Å²) in [7, 11) is 0. The van der Waals surface area contributed by atoms with E-state index in [0.717, 1.165) is 10.0 Å². The van der Waals surface area contributed by atoms with E-state index in [0.29, 0.717) is 0 Å². The molecule has 0 amide bonds. The molecule has 92 valence electrons. The van der Waals surface area contributed by atoms with E-state index in [1.54, 1.807) is 0 Å². The van der Waals surface area contributed by atoms with Gasteiger partial charge in [0.1, 0.15) is 5.82 Å². The first kappa shape index (κ1) is 12.3. The van der Waals surface area contributed by atoms with Crippen LogP contribution in [0, 0.1) is 0 Å². The van der Waals surface area contributed by atoms with Gasteiger partial charge in [-0.25, -0.2) is 9.79 Å². The Bertz CT molecular complexity index is 700. The van der Waals surface area contributed by atoms with Crippen LogP contribution >= 0.6 is 15.9 Å². The molecule has 2 aromatic rings. The summed E-state index contributed by atoms with van der Waals surface area (Å²) in [5, 5.41) is 0. The summed E-state index contributed by atoms with van der Waals surface area (Å²) in [5.41, 5.74) is 5.03. The number of H-pyrrole nitrogens is 2. The number of hydrogen-bond acceptors (Lipinski definition) is 4. The molecule has 0 aliphatic rings. The zero-order valence-electron chi connectivity index (χ0n) is 9.11. The molecule has 0 unspecified atom stereocenters. The lowest BCUT2D eigenvalue weighted by atomic mass is 10.2. The Labute approximate surface area is 110 Å². The van der Waals surface area contributed by atoms with Crippen LogP contribution in [0.3, 0.4) is 0 Å². The molecular formula is C11H9BrN4O2. The highest BCUT2D eigenvalue weighted by atomic mass is 79.9. The minimum Gasteiger partial charge on any atom is -0.383 e. The number of aromatic nitrogens is 2. The second-order valence-electron chi connectivity index (χ2n) is 3.48. The van der Waals surface area contributed by atoms with Crippen molar-refractivity contribution < 1.29 is 0 Å². The van der Waals surface area contributed by atoms with Crippen molar-refractivity contribution in [1.82, 2.24) is 9.97 Å². The number of aromatic amines is 2. The van der Waals surface area contributed by atoms with Gasteiger partial charge < -0.3 is 5.73 Å². The largest absolute Gasteiger partial charge is 0.383 e. The maximum Gasteiger partial charge on any atom is 0.327 e. The van der Waals surface area contributed by atoms with E-state index in [1.165, 1.54) is 6.21 Å². The average Bonchev–Trinajstić information content (AvgIpc) is 2.30. The van der Waals surface area contributed by atoms with Gasteiger partial charge >= 0.3 is 5.69 Å². The van der Waals surface area contributed by atoms with Gasteiger partial charge in [0, 0.05) is 10.7 Å². The number of nitrogens with zero attached hydrogens (tertiary/aromatic N) is 1. The van der Waals surface area contributed by atoms with E-state index < -0.39 is 11.2 Å². The number of anilines is 1. The van der Waals surface area contributed by atoms with Gasteiger partial charge in [0.25, 0.3) is 5.56 Å². The maximum atomic E-state index is 11.5. The molecule has 0 saturated heterocycles. The van der Waals surface area contributed by atoms with Crippen LogP contribution in [-0.4, -0.2) is 16.2 Å². The predicted octanol–water partition coefficient (Wildman–Crippen LogP) is 1.16. The zero-order valence-corrected chi connectivity index (χ0v) is 10.7. The van der Waals surface area contributed by atoms with Crippen molar-refractivity contribution in [2.75, 3.05) is 5.73 Å². The SMILES string of the molecule is Nc1[nH]c(=O)[nH]c(=O)c1N=Cc1ccc(Br)cc1. The Hall–Kier alpha value is -2.15. The number of rotatable bonds is 2. The van der Waals surface area contributed by atoms with Crippen molar-refractivity contribution in [3.05, 3.63) is 55.1 Å². The van der Waals surface area contributed by atoms with Crippen LogP contribution in [0.15, 0.2) is 43.3 Å². The monoisotopic (exact) mass is 308 g/mol. The molecule has 1 aromatic heterocycles. The standard InChI is InChI=1S/C11H9BrN4O2/c12-7-3-1-6(2-4-7)5-14-8-9(13)15-11(18)16-10(8)17/h1-5H,(H4,13,15,16,17,18). The van der Waals surface area contributed by atoms with Gasteiger partial charge in [0.2, 0.25) is 0 Å². The molecule has 0 aliphatic heterocycles. The van der Waals surface area contributed by atoms with Crippen LogP contribution < -0.4 is 17.0 Å². The molecule has 1 aromatic carbocycles. The Morgan fingerprint density at radius 1 is 1.17 bits per heavy atom. The number of nitrogen functional groups attached to an aromatic ring is 1. The minimum atomic E-state index is -0.653. The maximum absolute atomic E-state index is 11.5. The summed E-state index contributed by atoms with van der Waals surface area (Å²) in [6.07, 6.45) is 1.49. The topological polar surface area (TPSA) is 104 Å². The van der Waals surface area contributed by atoms with E-state index in [-0.39, 0.29) is 11.5 Å². The minimum absolute atomic E-state index is 0.0162. The molecule has 0 bridgehead atoms. The average molecular weight is 309 g/mol. The number of benzene rings is 1. The molecule has 4 N–H and O–H groups in total. The van der Waals surface area contributed by atoms with E-state index in [1.807, 2.05) is 24.3 Å². The second kappa shape index (κ2) is 5.01. The van der Waals surface area contributed by atoms with Crippen LogP contribution in [-0.2, 0) is 0 Å². The van der Waals surface area contributed by atoms with Crippen molar-refractivity contribution in [1.29, 1.82) is 0 Å². The lowest BCUT2D eigenvalue weighted by molar-refractivity contribution is 1.04. The number of nitrogens with two attached hydrogens (primary N) is 1. The van der Waals surface area contributed by atoms with Crippen molar-refractivity contribution in [2.24, 2.45) is 4.99 Å². The Morgan fingerprint density at radius 3 is 2.44 bits per heavy atom. The molecule has 1 heterocycles. The van der Waals surface area contributed by atoms with E-state index >= 15 is 0 Å². The molecule has 0 aliphatic carbocycles. The van der Waals surface area contributed by atoms with E-state index in [4.69, 9.17) is 5.73 Å². The molecule has 2 rings (SSSR count). The lowest BCUT2D eigenvalue weighted by Gasteiger charge is -1.97. The first-order valence-electron chi connectivity index (χ1n) is 4.98. The highest BCUT2D eigenvalue weighted by Gasteiger charge is 2.03. The third-order valence-electron chi connectivity index (χ3n) is 2.16. The van der Waals surface area contributed by atoms with Gasteiger partial charge in [-0.1, -0.05) is 28.1 Å². The third-order valence-corrected chi connectivity index (χ3v) is 2.69. The molecule has 0 saturated carbocycles. The van der Waals surface area contributed by atoms with Gasteiger partial charge in [-0.2, -0.15) is 0 Å². The normalized spacial score (nSPS) is 10.9. The van der Waals surface area contributed by atoms with Crippen molar-refractivity contribution in [3.63, 3.8) is 0 Å². The fraction of sp³-hybridized carbons (Fsp3) is 0. The molecule has 0 radical (unpaired) electrons. The van der Waals surface area contributed by atoms with Crippen LogP contribution in [0.2, 0.25) is 0 Å². The van der Waals surface area contributed by atoms with Crippen molar-refractivity contribution in [3.8, 4) is 0 Å². The lowest BCUT2D eigenvalue weighted by Crippen LogP contribution is -2.23. The number of aliphatic imine (C=N–C) groups is 1. The fourth-order valence-electron chi connectivity index (χ4n) is 1.31. The first-order chi connectivity index (χ1) is 8.56. The van der Waals surface area contributed by atoms with Gasteiger partial charge in [-0.05, 0) is 17.7 Å². The predicted molar refractivity (Wildman–Crippen MR) is 73.5 cm³/mol. The van der Waals surface area contributed by atoms with Crippen LogP contribution in [0.4, 0.5) is 11.5 Å². The Morgan fingerprint density at radius 2 is 1.83 bits per heavy atom. The summed E-state index contributed by atoms with van der Waals surface area (Å²) in [6.45, 7) is 0. The van der Waals surface area contributed by atoms with Crippen molar-refractivity contribution in [2.45, 2.75) is 0 Å². The smallest absolute Gasteiger partial charge is 0.327 e. The molecule has 18 heavy (non-hydrogen) atoms. The quantitative estimate of drug-likeness (QED) is 0.725. The van der Waals surface area contributed by atoms with Gasteiger partial charge in [-0.15, -0.1) is 0 Å². The summed E-state index contributed by atoms with van der Waals surface area (Å²) in [6, 6.07) is 7.34. The summed E-state index contributed by atoms with van der Waals surface area (Å²) >= 11 is 3.31. The Kier molecular flexibility index (Phi) is 3.42. The molecular weight excluding hydrogens is 300 g/mol. The zero-order chi connectivity index (χ0) is 13.1. The van der Waals surface area contributed by atoms with Crippen molar-refractivity contribution >= 4 is 33.6 Å². The summed E-state index contributed by atoms with van der Waals surface area (Å²) in [4.78, 5) is 30.7. The molecule has 6 nitrogen and oxygen atoms in total. The summed E-state index contributed by atoms with van der Waals surface area (Å²) < 4.78 is 0.945. The highest BCUT2D eigenvalue weighted by molar-refractivity contribution is 9.10. The second-order valence-corrected chi connectivity index (χ2v) is 4.40. The Balaban J connectivity index is 2.38. The van der Waals surface area contributed by atoms with E-state index in [2.05, 4.69) is 30.9 Å². The third kappa shape index (κ3) is 2.75. The highest BCUT2D eigenvalue weighted by Crippen LogP contribution is 2.12. The van der Waals surface area contributed by atoms with Gasteiger partial charge in [-0.3, -0.25) is 14.8 Å². The summed E-state index contributed by atoms with van der Waals surface area (Å²) in [5.74, 6) is -0.0582. The molecule has 0 spiro atoms. The van der Waals surface area contributed by atoms with Crippen LogP contribution in [0.5, 0.6) is 0 Å². The molecule has 7 heteroatoms. The van der Waals surface area contributed by atoms with Gasteiger partial charge in [0.15, 0.2) is 5.69 Å². The van der Waals surface area contributed by atoms with Crippen LogP contribution in [0.1, 0.15) is 5.56 Å².